The molecule has 3 aromatic heterocycles. The van der Waals surface area contributed by atoms with Crippen LogP contribution in [-0.2, 0) is 28.9 Å². The number of hydrogen-bond donors (Lipinski definition) is 2. The monoisotopic (exact) mass is 778 g/mol. The minimum Gasteiger partial charge on any atom is -0.354 e. The van der Waals surface area contributed by atoms with Gasteiger partial charge in [-0.25, -0.2) is 9.97 Å². The van der Waals surface area contributed by atoms with E-state index in [1.54, 1.807) is 6.92 Å². The molecule has 2 N–H and O–H groups in total. The van der Waals surface area contributed by atoms with Gasteiger partial charge in [0.15, 0.2) is 11.6 Å². The number of aromatic nitrogens is 4. The minimum absolute atomic E-state index is 0.0983. The Hall–Kier alpha value is -6.14. The largest absolute Gasteiger partial charge is 0.354 e. The van der Waals surface area contributed by atoms with Gasteiger partial charge >= 0.3 is 0 Å². The third-order valence-corrected chi connectivity index (χ3v) is 12.8. The van der Waals surface area contributed by atoms with Crippen molar-refractivity contribution in [1.29, 1.82) is 0 Å². The molecule has 2 aliphatic heterocycles. The van der Waals surface area contributed by atoms with E-state index in [-0.39, 0.29) is 11.6 Å². The molecule has 6 heteroatoms. The molecule has 2 aromatic carbocycles. The molecule has 0 atom stereocenters. The Morgan fingerprint density at radius 3 is 1.49 bits per heavy atom. The molecule has 1 aliphatic carbocycles. The van der Waals surface area contributed by atoms with E-state index >= 15 is 0 Å². The van der Waals surface area contributed by atoms with Crippen LogP contribution in [0, 0.1) is 20.8 Å². The molecule has 6 nitrogen and oxygen atoms in total. The van der Waals surface area contributed by atoms with Crippen LogP contribution in [-0.4, -0.2) is 31.5 Å². The second kappa shape index (κ2) is 15.6. The molecule has 3 aliphatic rings. The van der Waals surface area contributed by atoms with E-state index in [1.807, 2.05) is 0 Å². The highest BCUT2D eigenvalue weighted by Crippen LogP contribution is 2.44. The maximum Gasteiger partial charge on any atom is 0.182 e. The standard InChI is InChI=1S/C53H54N4O2/c1-11-38-30(7)50-48(35-19-15-28(5)16-20-35)51-31(8)39(12-2)43(55-51)27-45-41(14-4)33(10)53(57-45)49(52-32(9)40(13-3)44(56-52)26-42(38)54-50)36-21-17-34(18-22-36)24-37-25-46(58)29(6)23-47(37)59/h15-23,25-27,56-57H,11-14,24H2,1-10H3. The predicted molar refractivity (Wildman–Crippen MR) is 246 cm³/mol. The Morgan fingerprint density at radius 2 is 1.02 bits per heavy atom. The summed E-state index contributed by atoms with van der Waals surface area (Å²) in [6.45, 7) is 21.6. The highest BCUT2D eigenvalue weighted by molar-refractivity contribution is 6.19. The zero-order valence-corrected chi connectivity index (χ0v) is 36.2. The van der Waals surface area contributed by atoms with Gasteiger partial charge in [0.1, 0.15) is 0 Å². The number of aryl methyl sites for hydroxylation is 5. The lowest BCUT2D eigenvalue weighted by Crippen LogP contribution is -2.13. The van der Waals surface area contributed by atoms with Gasteiger partial charge in [-0.2, -0.15) is 0 Å². The molecule has 8 rings (SSSR count). The molecule has 59 heavy (non-hydrogen) atoms. The number of rotatable bonds is 8. The van der Waals surface area contributed by atoms with Crippen molar-refractivity contribution < 1.29 is 9.59 Å². The fraction of sp³-hybridized carbons (Fsp3) is 0.283. The lowest BCUT2D eigenvalue weighted by atomic mass is 9.92. The van der Waals surface area contributed by atoms with Crippen LogP contribution in [0.15, 0.2) is 84.0 Å². The lowest BCUT2D eigenvalue weighted by Gasteiger charge is -2.11. The van der Waals surface area contributed by atoms with Crippen LogP contribution >= 0.6 is 0 Å². The summed E-state index contributed by atoms with van der Waals surface area (Å²) >= 11 is 0. The van der Waals surface area contributed by atoms with Crippen LogP contribution in [0.25, 0.3) is 66.6 Å². The minimum atomic E-state index is -0.102. The number of carbonyl (C=O) groups is 2. The topological polar surface area (TPSA) is 91.5 Å². The molecular formula is C53H54N4O2. The predicted octanol–water partition coefficient (Wildman–Crippen LogP) is 12.9. The van der Waals surface area contributed by atoms with Gasteiger partial charge in [-0.3, -0.25) is 9.59 Å². The fourth-order valence-corrected chi connectivity index (χ4v) is 9.45. The number of allylic oxidation sites excluding steroid dienone is 8. The van der Waals surface area contributed by atoms with Crippen molar-refractivity contribution in [2.75, 3.05) is 0 Å². The average Bonchev–Trinajstić information content (AvgIpc) is 3.91. The van der Waals surface area contributed by atoms with Crippen LogP contribution in [0.2, 0.25) is 0 Å². The summed E-state index contributed by atoms with van der Waals surface area (Å²) in [5.74, 6) is -0.201. The van der Waals surface area contributed by atoms with Crippen molar-refractivity contribution in [3.8, 4) is 22.3 Å². The number of carbonyl (C=O) groups excluding carboxylic acids is 2. The molecule has 0 amide bonds. The van der Waals surface area contributed by atoms with Crippen molar-refractivity contribution in [3.63, 3.8) is 0 Å². The quantitative estimate of drug-likeness (QED) is 0.153. The molecule has 0 spiro atoms. The molecule has 298 valence electrons. The van der Waals surface area contributed by atoms with Gasteiger partial charge < -0.3 is 9.97 Å². The number of nitrogens with zero attached hydrogens (tertiary/aromatic N) is 2. The molecule has 0 unspecified atom stereocenters. The van der Waals surface area contributed by atoms with Crippen LogP contribution in [0.5, 0.6) is 0 Å². The first-order chi connectivity index (χ1) is 28.4. The van der Waals surface area contributed by atoms with Crippen molar-refractivity contribution in [2.24, 2.45) is 0 Å². The van der Waals surface area contributed by atoms with Crippen LogP contribution in [0.4, 0.5) is 0 Å². The highest BCUT2D eigenvalue weighted by Gasteiger charge is 2.27. The highest BCUT2D eigenvalue weighted by atomic mass is 16.1. The second-order valence-corrected chi connectivity index (χ2v) is 16.4. The summed E-state index contributed by atoms with van der Waals surface area (Å²) in [4.78, 5) is 44.3. The van der Waals surface area contributed by atoms with Gasteiger partial charge in [0, 0.05) is 39.7 Å². The number of hydrogen-bond acceptors (Lipinski definition) is 4. The van der Waals surface area contributed by atoms with E-state index in [0.29, 0.717) is 17.6 Å². The molecular weight excluding hydrogens is 725 g/mol. The molecule has 5 heterocycles. The fourth-order valence-electron chi connectivity index (χ4n) is 9.45. The summed E-state index contributed by atoms with van der Waals surface area (Å²) in [6, 6.07) is 21.8. The first-order valence-corrected chi connectivity index (χ1v) is 21.2. The Balaban J connectivity index is 1.49. The maximum atomic E-state index is 12.8. The SMILES string of the molecule is CCC1=C(C)c2nc1cc1[nH]c(c(C)c1CC)c(-c1ccc(CC3=CC(=O)C(C)=CC3=O)cc1)c1[nH]c(cc3nc(c2-c2ccc(C)cc2)C(C)=C3CC)c(CC)c1C. The molecule has 0 fully saturated rings. The Labute approximate surface area is 348 Å². The summed E-state index contributed by atoms with van der Waals surface area (Å²) in [5.41, 5.74) is 25.5. The zero-order chi connectivity index (χ0) is 41.9. The number of fused-ring (bicyclic) bond motifs is 8. The Bertz CT molecular complexity index is 2780. The van der Waals surface area contributed by atoms with Gasteiger partial charge in [-0.15, -0.1) is 0 Å². The number of nitrogens with one attached hydrogen (secondary N) is 2. The van der Waals surface area contributed by atoms with Gasteiger partial charge in [0.25, 0.3) is 0 Å². The summed E-state index contributed by atoms with van der Waals surface area (Å²) in [5, 5.41) is 0. The van der Waals surface area contributed by atoms with Crippen LogP contribution in [0.3, 0.4) is 0 Å². The third kappa shape index (κ3) is 6.78. The summed E-state index contributed by atoms with van der Waals surface area (Å²) in [7, 11) is 0. The molecule has 0 radical (unpaired) electrons. The van der Waals surface area contributed by atoms with E-state index in [1.165, 1.54) is 62.3 Å². The molecule has 8 bridgehead atoms. The van der Waals surface area contributed by atoms with Gasteiger partial charge in [0.2, 0.25) is 0 Å². The number of ketones is 2. The van der Waals surface area contributed by atoms with Gasteiger partial charge in [0.05, 0.1) is 33.8 Å². The second-order valence-electron chi connectivity index (χ2n) is 16.4. The normalized spacial score (nSPS) is 14.4. The van der Waals surface area contributed by atoms with E-state index < -0.39 is 0 Å². The molecule has 0 saturated carbocycles. The lowest BCUT2D eigenvalue weighted by molar-refractivity contribution is -0.115. The van der Waals surface area contributed by atoms with E-state index in [9.17, 15) is 9.59 Å². The smallest absolute Gasteiger partial charge is 0.182 e. The van der Waals surface area contributed by atoms with Crippen molar-refractivity contribution in [1.82, 2.24) is 19.9 Å². The zero-order valence-electron chi connectivity index (χ0n) is 36.2. The van der Waals surface area contributed by atoms with Crippen molar-refractivity contribution in [3.05, 3.63) is 140 Å². The van der Waals surface area contributed by atoms with Crippen LogP contribution < -0.4 is 0 Å². The van der Waals surface area contributed by atoms with Crippen LogP contribution in [0.1, 0.15) is 117 Å². The van der Waals surface area contributed by atoms with Crippen molar-refractivity contribution >= 4 is 55.9 Å². The first kappa shape index (κ1) is 39.7. The first-order valence-electron chi connectivity index (χ1n) is 21.2. The number of benzene rings is 2. The maximum absolute atomic E-state index is 12.8. The van der Waals surface area contributed by atoms with E-state index in [4.69, 9.17) is 9.97 Å². The number of H-pyrrole nitrogens is 2. The Morgan fingerprint density at radius 1 is 0.542 bits per heavy atom. The van der Waals surface area contributed by atoms with Crippen molar-refractivity contribution in [2.45, 2.75) is 101 Å². The van der Waals surface area contributed by atoms with E-state index in [0.717, 1.165) is 98.3 Å². The number of aromatic amines is 2. The Kier molecular flexibility index (Phi) is 10.5. The molecule has 5 aromatic rings. The summed E-state index contributed by atoms with van der Waals surface area (Å²) < 4.78 is 0. The van der Waals surface area contributed by atoms with Gasteiger partial charge in [-0.1, -0.05) is 81.8 Å². The van der Waals surface area contributed by atoms with Gasteiger partial charge in [-0.05, 0) is 153 Å². The molecule has 0 saturated heterocycles. The summed E-state index contributed by atoms with van der Waals surface area (Å²) in [6.07, 6.45) is 6.76. The average molecular weight is 779 g/mol. The van der Waals surface area contributed by atoms with E-state index in [2.05, 4.69) is 133 Å². The third-order valence-electron chi connectivity index (χ3n) is 12.8.